The number of aromatic nitrogens is 1. The Labute approximate surface area is 163 Å². The zero-order chi connectivity index (χ0) is 18.1. The predicted octanol–water partition coefficient (Wildman–Crippen LogP) is 5.41. The molecule has 4 rings (SSSR count). The maximum Gasteiger partial charge on any atom is 0.128 e. The maximum atomic E-state index is 5.25. The van der Waals surface area contributed by atoms with Gasteiger partial charge in [-0.25, -0.2) is 0 Å². The van der Waals surface area contributed by atoms with E-state index in [2.05, 4.69) is 68.4 Å². The molecule has 1 atom stereocenters. The van der Waals surface area contributed by atoms with Crippen LogP contribution in [-0.4, -0.2) is 22.7 Å². The van der Waals surface area contributed by atoms with Crippen molar-refractivity contribution >= 4 is 48.3 Å². The summed E-state index contributed by atoms with van der Waals surface area (Å²) >= 11 is 3.58. The molecule has 0 saturated heterocycles. The van der Waals surface area contributed by atoms with Gasteiger partial charge in [0.15, 0.2) is 0 Å². The number of ether oxygens (including phenoxy) is 1. The van der Waals surface area contributed by atoms with Crippen LogP contribution in [0, 0.1) is 0 Å². The van der Waals surface area contributed by atoms with Gasteiger partial charge in [0, 0.05) is 21.1 Å². The van der Waals surface area contributed by atoms with Gasteiger partial charge in [-0.3, -0.25) is 0 Å². The minimum atomic E-state index is -0.567. The summed E-state index contributed by atoms with van der Waals surface area (Å²) in [5.41, 5.74) is 6.88. The molecule has 6 heteroatoms. The Balaban J connectivity index is 1.67. The number of methoxy groups -OCH3 is 1. The lowest BCUT2D eigenvalue weighted by atomic mass is 10.1. The van der Waals surface area contributed by atoms with Crippen LogP contribution in [0.25, 0.3) is 10.9 Å². The van der Waals surface area contributed by atoms with Crippen molar-refractivity contribution in [2.45, 2.75) is 19.1 Å². The van der Waals surface area contributed by atoms with Crippen LogP contribution in [0.15, 0.2) is 57.1 Å². The number of aromatic amines is 1. The second-order valence-corrected chi connectivity index (χ2v) is 8.98. The first kappa shape index (κ1) is 17.4. The van der Waals surface area contributed by atoms with Crippen molar-refractivity contribution in [3.05, 3.63) is 63.8 Å². The van der Waals surface area contributed by atoms with Gasteiger partial charge >= 0.3 is 0 Å². The number of benzene rings is 2. The number of aryl methyl sites for hydroxylation is 1. The van der Waals surface area contributed by atoms with E-state index in [9.17, 15) is 0 Å². The van der Waals surface area contributed by atoms with Crippen molar-refractivity contribution in [2.24, 2.45) is 10.2 Å². The number of rotatable bonds is 5. The van der Waals surface area contributed by atoms with Gasteiger partial charge in [0.25, 0.3) is 0 Å². The van der Waals surface area contributed by atoms with Crippen molar-refractivity contribution in [3.63, 3.8) is 0 Å². The standard InChI is InChI=1S/C20H20BrN3OS/c1-3-16-17-10-14(21)6-9-18(17)23-19(16)20-24-22-12-26(20)11-13-4-7-15(25-2)8-5-13/h4-10,12,23,26H,3,11H2,1-2H3. The lowest BCUT2D eigenvalue weighted by Gasteiger charge is -2.15. The van der Waals surface area contributed by atoms with Crippen LogP contribution in [0.2, 0.25) is 0 Å². The molecule has 2 heterocycles. The van der Waals surface area contributed by atoms with E-state index in [0.29, 0.717) is 0 Å². The van der Waals surface area contributed by atoms with Gasteiger partial charge in [-0.2, -0.15) is 16.0 Å². The molecule has 4 nitrogen and oxygen atoms in total. The highest BCUT2D eigenvalue weighted by molar-refractivity contribution is 9.10. The molecule has 1 aliphatic rings. The lowest BCUT2D eigenvalue weighted by molar-refractivity contribution is 0.414. The molecule has 1 N–H and O–H groups in total. The average Bonchev–Trinajstić information content (AvgIpc) is 3.25. The van der Waals surface area contributed by atoms with Crippen LogP contribution in [0.4, 0.5) is 0 Å². The van der Waals surface area contributed by atoms with Crippen molar-refractivity contribution in [2.75, 3.05) is 7.11 Å². The van der Waals surface area contributed by atoms with Crippen LogP contribution in [0.5, 0.6) is 5.75 Å². The quantitative estimate of drug-likeness (QED) is 0.523. The molecule has 26 heavy (non-hydrogen) atoms. The van der Waals surface area contributed by atoms with E-state index < -0.39 is 10.9 Å². The molecule has 1 unspecified atom stereocenters. The van der Waals surface area contributed by atoms with E-state index in [4.69, 9.17) is 4.74 Å². The molecule has 0 aliphatic carbocycles. The molecule has 0 spiro atoms. The summed E-state index contributed by atoms with van der Waals surface area (Å²) in [7, 11) is 1.12. The fourth-order valence-electron chi connectivity index (χ4n) is 3.27. The number of H-pyrrole nitrogens is 1. The first-order valence-corrected chi connectivity index (χ1v) is 10.9. The lowest BCUT2D eigenvalue weighted by Crippen LogP contribution is -2.05. The number of hydrogen-bond acceptors (Lipinski definition) is 3. The monoisotopic (exact) mass is 429 g/mol. The zero-order valence-electron chi connectivity index (χ0n) is 14.7. The Morgan fingerprint density at radius 2 is 1.96 bits per heavy atom. The molecule has 0 fully saturated rings. The highest BCUT2D eigenvalue weighted by Gasteiger charge is 2.23. The van der Waals surface area contributed by atoms with E-state index in [0.717, 1.165) is 38.7 Å². The Hall–Kier alpha value is -2.05. The Bertz CT molecular complexity index is 1010. The number of nitrogens with one attached hydrogen (secondary N) is 1. The molecule has 2 aromatic carbocycles. The number of halogens is 1. The normalized spacial score (nSPS) is 17.7. The SMILES string of the molecule is CCc1c(C2=NN=C[SH]2Cc2ccc(OC)cc2)[nH]c2ccc(Br)cc12. The van der Waals surface area contributed by atoms with Gasteiger partial charge in [0.1, 0.15) is 10.8 Å². The third kappa shape index (κ3) is 3.19. The summed E-state index contributed by atoms with van der Waals surface area (Å²) in [5, 5.41) is 11.1. The average molecular weight is 430 g/mol. The fourth-order valence-corrected chi connectivity index (χ4v) is 5.40. The minimum absolute atomic E-state index is 0.567. The van der Waals surface area contributed by atoms with Gasteiger partial charge in [0.2, 0.25) is 0 Å². The van der Waals surface area contributed by atoms with Gasteiger partial charge in [-0.1, -0.05) is 35.0 Å². The molecule has 0 bridgehead atoms. The van der Waals surface area contributed by atoms with E-state index >= 15 is 0 Å². The Morgan fingerprint density at radius 1 is 1.15 bits per heavy atom. The third-order valence-corrected chi connectivity index (χ3v) is 7.01. The summed E-state index contributed by atoms with van der Waals surface area (Å²) in [4.78, 5) is 3.58. The first-order chi connectivity index (χ1) is 12.7. The van der Waals surface area contributed by atoms with Crippen molar-refractivity contribution in [1.29, 1.82) is 0 Å². The second kappa shape index (κ2) is 7.29. The molecule has 0 amide bonds. The zero-order valence-corrected chi connectivity index (χ0v) is 17.1. The van der Waals surface area contributed by atoms with E-state index in [1.807, 2.05) is 17.7 Å². The fraction of sp³-hybridized carbons (Fsp3) is 0.200. The molecular weight excluding hydrogens is 410 g/mol. The van der Waals surface area contributed by atoms with Gasteiger partial charge in [0.05, 0.1) is 18.4 Å². The Morgan fingerprint density at radius 3 is 2.69 bits per heavy atom. The number of hydrogen-bond donors (Lipinski definition) is 2. The molecule has 0 saturated carbocycles. The smallest absolute Gasteiger partial charge is 0.128 e. The van der Waals surface area contributed by atoms with Crippen LogP contribution < -0.4 is 4.74 Å². The van der Waals surface area contributed by atoms with E-state index in [1.54, 1.807) is 7.11 Å². The Kier molecular flexibility index (Phi) is 4.87. The third-order valence-electron chi connectivity index (χ3n) is 4.57. The number of fused-ring (bicyclic) bond motifs is 1. The molecule has 1 aliphatic heterocycles. The topological polar surface area (TPSA) is 49.7 Å². The summed E-state index contributed by atoms with van der Waals surface area (Å²) < 4.78 is 6.34. The second-order valence-electron chi connectivity index (χ2n) is 6.15. The molecular formula is C20H20BrN3OS. The first-order valence-electron chi connectivity index (χ1n) is 8.50. The summed E-state index contributed by atoms with van der Waals surface area (Å²) in [6.45, 7) is 2.19. The van der Waals surface area contributed by atoms with E-state index in [-0.39, 0.29) is 0 Å². The largest absolute Gasteiger partial charge is 0.497 e. The molecule has 3 aromatic rings. The van der Waals surface area contributed by atoms with Crippen LogP contribution in [-0.2, 0) is 12.2 Å². The van der Waals surface area contributed by atoms with Gasteiger partial charge in [-0.15, -0.1) is 5.10 Å². The van der Waals surface area contributed by atoms with Crippen molar-refractivity contribution in [3.8, 4) is 5.75 Å². The summed E-state index contributed by atoms with van der Waals surface area (Å²) in [5.74, 6) is 1.81. The van der Waals surface area contributed by atoms with Crippen LogP contribution in [0.1, 0.15) is 23.7 Å². The summed E-state index contributed by atoms with van der Waals surface area (Å²) in [6.07, 6.45) is 0.955. The number of nitrogens with zero attached hydrogens (tertiary/aromatic N) is 2. The molecule has 134 valence electrons. The molecule has 1 aromatic heterocycles. The van der Waals surface area contributed by atoms with Gasteiger partial charge in [-0.05, 0) is 47.9 Å². The summed E-state index contributed by atoms with van der Waals surface area (Å²) in [6, 6.07) is 14.6. The predicted molar refractivity (Wildman–Crippen MR) is 116 cm³/mol. The van der Waals surface area contributed by atoms with Crippen LogP contribution >= 0.6 is 26.8 Å². The highest BCUT2D eigenvalue weighted by atomic mass is 79.9. The van der Waals surface area contributed by atoms with Gasteiger partial charge < -0.3 is 9.72 Å². The minimum Gasteiger partial charge on any atom is -0.497 e. The van der Waals surface area contributed by atoms with Crippen molar-refractivity contribution in [1.82, 2.24) is 4.98 Å². The van der Waals surface area contributed by atoms with Crippen molar-refractivity contribution < 1.29 is 4.74 Å². The van der Waals surface area contributed by atoms with Crippen LogP contribution in [0.3, 0.4) is 0 Å². The number of thiol groups is 1. The highest BCUT2D eigenvalue weighted by Crippen LogP contribution is 2.39. The maximum absolute atomic E-state index is 5.25. The van der Waals surface area contributed by atoms with E-state index in [1.165, 1.54) is 16.5 Å². The molecule has 0 radical (unpaired) electrons.